The highest BCUT2D eigenvalue weighted by Crippen LogP contribution is 2.29. The fraction of sp³-hybridized carbons (Fsp3) is 0. The molecule has 0 radical (unpaired) electrons. The van der Waals surface area contributed by atoms with Crippen molar-refractivity contribution < 1.29 is 25.2 Å². The van der Waals surface area contributed by atoms with Gasteiger partial charge in [-0.1, -0.05) is 25.3 Å². The summed E-state index contributed by atoms with van der Waals surface area (Å²) in [5.74, 6) is -0.523. The predicted molar refractivity (Wildman–Crippen MR) is 65.9 cm³/mol. The van der Waals surface area contributed by atoms with Gasteiger partial charge in [-0.15, -0.1) is 0 Å². The Bertz CT molecular complexity index is 598. The molecule has 0 fully saturated rings. The van der Waals surface area contributed by atoms with Crippen LogP contribution in [0.4, 0.5) is 0 Å². The van der Waals surface area contributed by atoms with E-state index in [9.17, 15) is 16.8 Å². The number of rotatable bonds is 6. The second-order valence-corrected chi connectivity index (χ2v) is 5.90. The molecule has 0 aliphatic heterocycles. The Hall–Kier alpha value is -1.80. The number of benzene rings is 1. The summed E-state index contributed by atoms with van der Waals surface area (Å²) in [6.07, 6.45) is 0. The van der Waals surface area contributed by atoms with Gasteiger partial charge < -0.3 is 8.37 Å². The van der Waals surface area contributed by atoms with Gasteiger partial charge in [-0.05, 0) is 12.1 Å². The average Bonchev–Trinajstić information content (AvgIpc) is 2.31. The van der Waals surface area contributed by atoms with Crippen LogP contribution < -0.4 is 8.37 Å². The van der Waals surface area contributed by atoms with Crippen molar-refractivity contribution in [2.24, 2.45) is 0 Å². The van der Waals surface area contributed by atoms with E-state index in [1.807, 2.05) is 0 Å². The van der Waals surface area contributed by atoms with Gasteiger partial charge in [0.05, 0.1) is 10.8 Å². The zero-order valence-electron chi connectivity index (χ0n) is 9.14. The van der Waals surface area contributed by atoms with Crippen LogP contribution >= 0.6 is 0 Å². The first-order valence-corrected chi connectivity index (χ1v) is 7.47. The van der Waals surface area contributed by atoms with E-state index in [1.165, 1.54) is 24.3 Å². The summed E-state index contributed by atoms with van der Waals surface area (Å²) < 4.78 is 54.0. The molecule has 0 N–H and O–H groups in total. The molecule has 98 valence electrons. The lowest BCUT2D eigenvalue weighted by atomic mass is 10.3. The number of para-hydroxylation sites is 2. The van der Waals surface area contributed by atoms with Crippen LogP contribution in [0.1, 0.15) is 0 Å². The highest BCUT2D eigenvalue weighted by Gasteiger charge is 2.16. The lowest BCUT2D eigenvalue weighted by molar-refractivity contribution is 0.459. The number of hydrogen-bond acceptors (Lipinski definition) is 6. The molecule has 1 aromatic rings. The third-order valence-electron chi connectivity index (χ3n) is 1.67. The minimum Gasteiger partial charge on any atom is -0.375 e. The van der Waals surface area contributed by atoms with Gasteiger partial charge >= 0.3 is 20.2 Å². The zero-order chi connectivity index (χ0) is 13.8. The highest BCUT2D eigenvalue weighted by atomic mass is 32.2. The van der Waals surface area contributed by atoms with Crippen LogP contribution in [0, 0.1) is 0 Å². The summed E-state index contributed by atoms with van der Waals surface area (Å²) in [5.41, 5.74) is 0. The molecule has 0 aliphatic carbocycles. The maximum absolute atomic E-state index is 11.2. The second-order valence-electron chi connectivity index (χ2n) is 2.93. The Morgan fingerprint density at radius 2 is 1.17 bits per heavy atom. The van der Waals surface area contributed by atoms with Gasteiger partial charge in [-0.2, -0.15) is 16.8 Å². The zero-order valence-corrected chi connectivity index (χ0v) is 10.8. The van der Waals surface area contributed by atoms with Crippen LogP contribution in [0.25, 0.3) is 0 Å². The van der Waals surface area contributed by atoms with Crippen molar-refractivity contribution in [3.63, 3.8) is 0 Å². The van der Waals surface area contributed by atoms with Gasteiger partial charge in [-0.25, -0.2) is 0 Å². The molecule has 0 amide bonds. The van der Waals surface area contributed by atoms with Crippen LogP contribution in [0.15, 0.2) is 48.2 Å². The molecule has 0 atom stereocenters. The maximum atomic E-state index is 11.2. The molecule has 8 heteroatoms. The quantitative estimate of drug-likeness (QED) is 0.736. The van der Waals surface area contributed by atoms with Crippen molar-refractivity contribution in [2.75, 3.05) is 0 Å². The molecular formula is C10H10O6S2. The molecule has 0 aromatic heterocycles. The first kappa shape index (κ1) is 14.3. The van der Waals surface area contributed by atoms with Crippen LogP contribution in [0.2, 0.25) is 0 Å². The first-order chi connectivity index (χ1) is 8.29. The normalized spacial score (nSPS) is 11.6. The van der Waals surface area contributed by atoms with E-state index >= 15 is 0 Å². The van der Waals surface area contributed by atoms with Crippen molar-refractivity contribution in [1.82, 2.24) is 0 Å². The van der Waals surface area contributed by atoms with Gasteiger partial charge in [0.15, 0.2) is 11.5 Å². The summed E-state index contributed by atoms with van der Waals surface area (Å²) in [4.78, 5) is 0. The van der Waals surface area contributed by atoms with Crippen molar-refractivity contribution >= 4 is 20.2 Å². The van der Waals surface area contributed by atoms with E-state index in [0.29, 0.717) is 10.8 Å². The lowest BCUT2D eigenvalue weighted by Gasteiger charge is -2.09. The summed E-state index contributed by atoms with van der Waals surface area (Å²) >= 11 is 0. The monoisotopic (exact) mass is 290 g/mol. The standard InChI is InChI=1S/C10H10O6S2/c1-3-17(11,12)15-9-7-5-6-8-10(9)16-18(13,14)4-2/h3-8H,1-2H2. The Morgan fingerprint density at radius 3 is 1.44 bits per heavy atom. The van der Waals surface area contributed by atoms with Gasteiger partial charge in [0.1, 0.15) is 0 Å². The summed E-state index contributed by atoms with van der Waals surface area (Å²) in [5, 5.41) is 1.18. The summed E-state index contributed by atoms with van der Waals surface area (Å²) in [6, 6.07) is 5.41. The third kappa shape index (κ3) is 3.90. The van der Waals surface area contributed by atoms with Gasteiger partial charge in [0, 0.05) is 0 Å². The number of hydrogen-bond donors (Lipinski definition) is 0. The SMILES string of the molecule is C=CS(=O)(=O)Oc1ccccc1OS(=O)(=O)C=C. The molecule has 18 heavy (non-hydrogen) atoms. The van der Waals surface area contributed by atoms with E-state index in [0.717, 1.165) is 0 Å². The first-order valence-electron chi connectivity index (χ1n) is 4.52. The molecule has 1 aromatic carbocycles. The van der Waals surface area contributed by atoms with Gasteiger partial charge in [-0.3, -0.25) is 0 Å². The molecule has 1 rings (SSSR count). The average molecular weight is 290 g/mol. The van der Waals surface area contributed by atoms with E-state index in [1.54, 1.807) is 0 Å². The van der Waals surface area contributed by atoms with E-state index in [4.69, 9.17) is 0 Å². The Balaban J connectivity index is 3.16. The van der Waals surface area contributed by atoms with Crippen LogP contribution in [0.3, 0.4) is 0 Å². The summed E-state index contributed by atoms with van der Waals surface area (Å²) in [6.45, 7) is 6.12. The maximum Gasteiger partial charge on any atom is 0.331 e. The van der Waals surface area contributed by atoms with Crippen LogP contribution in [-0.4, -0.2) is 16.8 Å². The minimum absolute atomic E-state index is 0.261. The highest BCUT2D eigenvalue weighted by molar-refractivity contribution is 7.90. The molecule has 0 aliphatic rings. The van der Waals surface area contributed by atoms with Crippen molar-refractivity contribution in [2.45, 2.75) is 0 Å². The van der Waals surface area contributed by atoms with Crippen molar-refractivity contribution in [1.29, 1.82) is 0 Å². The Morgan fingerprint density at radius 1 is 0.833 bits per heavy atom. The van der Waals surface area contributed by atoms with Crippen LogP contribution in [0.5, 0.6) is 11.5 Å². The Kier molecular flexibility index (Phi) is 4.15. The third-order valence-corrected chi connectivity index (χ3v) is 3.31. The van der Waals surface area contributed by atoms with E-state index in [-0.39, 0.29) is 11.5 Å². The molecule has 6 nitrogen and oxygen atoms in total. The fourth-order valence-corrected chi connectivity index (χ4v) is 1.82. The van der Waals surface area contributed by atoms with E-state index < -0.39 is 20.2 Å². The second kappa shape index (κ2) is 5.23. The van der Waals surface area contributed by atoms with Crippen LogP contribution in [-0.2, 0) is 20.2 Å². The van der Waals surface area contributed by atoms with Gasteiger partial charge in [0.25, 0.3) is 0 Å². The Labute approximate surface area is 105 Å². The lowest BCUT2D eigenvalue weighted by Crippen LogP contribution is -2.09. The molecule has 0 bridgehead atoms. The molecule has 0 heterocycles. The molecule has 0 saturated carbocycles. The molecule has 0 spiro atoms. The minimum atomic E-state index is -3.99. The fourth-order valence-electron chi connectivity index (χ4n) is 0.906. The largest absolute Gasteiger partial charge is 0.375 e. The molecule has 0 saturated heterocycles. The molecule has 0 unspecified atom stereocenters. The van der Waals surface area contributed by atoms with Crippen molar-refractivity contribution in [3.05, 3.63) is 48.2 Å². The topological polar surface area (TPSA) is 86.7 Å². The smallest absolute Gasteiger partial charge is 0.331 e. The van der Waals surface area contributed by atoms with E-state index in [2.05, 4.69) is 21.5 Å². The summed E-state index contributed by atoms with van der Waals surface area (Å²) in [7, 11) is -7.99. The van der Waals surface area contributed by atoms with Gasteiger partial charge in [0.2, 0.25) is 0 Å². The molecular weight excluding hydrogens is 280 g/mol. The predicted octanol–water partition coefficient (Wildman–Crippen LogP) is 1.39. The van der Waals surface area contributed by atoms with Crippen molar-refractivity contribution in [3.8, 4) is 11.5 Å².